The fourth-order valence-corrected chi connectivity index (χ4v) is 3.28. The summed E-state index contributed by atoms with van der Waals surface area (Å²) < 4.78 is 0. The molecule has 1 N–H and O–H groups in total. The zero-order chi connectivity index (χ0) is 15.6. The molecule has 2 rings (SSSR count). The van der Waals surface area contributed by atoms with Crippen LogP contribution in [-0.4, -0.2) is 60.4 Å². The molecule has 5 heteroatoms. The summed E-state index contributed by atoms with van der Waals surface area (Å²) in [6.07, 6.45) is 4.79. The van der Waals surface area contributed by atoms with Gasteiger partial charge in [0.1, 0.15) is 11.6 Å². The summed E-state index contributed by atoms with van der Waals surface area (Å²) in [4.78, 5) is 29.2. The molecule has 2 unspecified atom stereocenters. The molecule has 2 fully saturated rings. The molecule has 0 bridgehead atoms. The zero-order valence-corrected chi connectivity index (χ0v) is 13.8. The lowest BCUT2D eigenvalue weighted by Gasteiger charge is -2.44. The van der Waals surface area contributed by atoms with Crippen molar-refractivity contribution in [3.05, 3.63) is 0 Å². The van der Waals surface area contributed by atoms with Crippen molar-refractivity contribution >= 4 is 11.8 Å². The topological polar surface area (TPSA) is 52.7 Å². The van der Waals surface area contributed by atoms with E-state index in [2.05, 4.69) is 24.3 Å². The van der Waals surface area contributed by atoms with Gasteiger partial charge in [0.25, 0.3) is 0 Å². The number of carbonyl (C=O) groups is 2. The fraction of sp³-hybridized carbons (Fsp3) is 0.875. The Morgan fingerprint density at radius 2 is 1.95 bits per heavy atom. The van der Waals surface area contributed by atoms with E-state index in [0.29, 0.717) is 18.9 Å². The number of hydrogen-bond acceptors (Lipinski definition) is 3. The molecule has 1 aliphatic carbocycles. The lowest BCUT2D eigenvalue weighted by atomic mass is 9.88. The highest BCUT2D eigenvalue weighted by molar-refractivity contribution is 6.00. The number of rotatable bonds is 7. The summed E-state index contributed by atoms with van der Waals surface area (Å²) >= 11 is 0. The van der Waals surface area contributed by atoms with Crippen LogP contribution in [0.5, 0.6) is 0 Å². The summed E-state index contributed by atoms with van der Waals surface area (Å²) in [6, 6.07) is -0.288. The molecule has 1 heterocycles. The molecule has 0 spiro atoms. The average Bonchev–Trinajstić information content (AvgIpc) is 3.24. The van der Waals surface area contributed by atoms with Crippen LogP contribution in [0.3, 0.4) is 0 Å². The maximum atomic E-state index is 12.9. The van der Waals surface area contributed by atoms with Crippen molar-refractivity contribution in [3.8, 4) is 0 Å². The molecule has 1 saturated carbocycles. The van der Waals surface area contributed by atoms with Crippen molar-refractivity contribution in [3.63, 3.8) is 0 Å². The van der Waals surface area contributed by atoms with Crippen molar-refractivity contribution in [2.75, 3.05) is 27.2 Å². The smallest absolute Gasteiger partial charge is 0.249 e. The van der Waals surface area contributed by atoms with Crippen LogP contribution in [0.2, 0.25) is 0 Å². The Bertz CT molecular complexity index is 406. The van der Waals surface area contributed by atoms with Crippen molar-refractivity contribution in [1.82, 2.24) is 15.1 Å². The third-order valence-electron chi connectivity index (χ3n) is 4.80. The second-order valence-corrected chi connectivity index (χ2v) is 6.90. The van der Waals surface area contributed by atoms with Crippen molar-refractivity contribution in [1.29, 1.82) is 0 Å². The number of amides is 2. The van der Waals surface area contributed by atoms with Gasteiger partial charge in [-0.3, -0.25) is 9.59 Å². The Hall–Kier alpha value is -1.10. The van der Waals surface area contributed by atoms with Gasteiger partial charge in [0.2, 0.25) is 11.8 Å². The minimum atomic E-state index is -0.662. The maximum Gasteiger partial charge on any atom is 0.249 e. The fourth-order valence-electron chi connectivity index (χ4n) is 3.28. The number of nitrogens with zero attached hydrogens (tertiary/aromatic N) is 2. The van der Waals surface area contributed by atoms with Crippen LogP contribution in [0.25, 0.3) is 0 Å². The minimum Gasteiger partial charge on any atom is -0.340 e. The lowest BCUT2D eigenvalue weighted by molar-refractivity contribution is -0.155. The predicted octanol–water partition coefficient (Wildman–Crippen LogP) is 1.23. The third kappa shape index (κ3) is 3.39. The molecule has 2 atom stereocenters. The molecule has 1 saturated heterocycles. The first-order valence-electron chi connectivity index (χ1n) is 8.18. The van der Waals surface area contributed by atoms with E-state index >= 15 is 0 Å². The van der Waals surface area contributed by atoms with Crippen LogP contribution >= 0.6 is 0 Å². The number of piperazine rings is 1. The minimum absolute atomic E-state index is 0.0270. The third-order valence-corrected chi connectivity index (χ3v) is 4.80. The van der Waals surface area contributed by atoms with E-state index in [0.717, 1.165) is 32.2 Å². The van der Waals surface area contributed by atoms with Crippen LogP contribution in [0.1, 0.15) is 46.0 Å². The van der Waals surface area contributed by atoms with Crippen LogP contribution in [0, 0.1) is 5.92 Å². The van der Waals surface area contributed by atoms with Crippen LogP contribution in [0.15, 0.2) is 0 Å². The lowest BCUT2D eigenvalue weighted by Crippen LogP contribution is -2.70. The van der Waals surface area contributed by atoms with E-state index in [1.807, 2.05) is 18.7 Å². The molecule has 0 radical (unpaired) electrons. The van der Waals surface area contributed by atoms with Gasteiger partial charge in [-0.05, 0) is 65.6 Å². The number of carbonyl (C=O) groups excluding carboxylic acids is 2. The van der Waals surface area contributed by atoms with Crippen LogP contribution < -0.4 is 5.32 Å². The van der Waals surface area contributed by atoms with Gasteiger partial charge < -0.3 is 15.1 Å². The van der Waals surface area contributed by atoms with Crippen molar-refractivity contribution in [2.24, 2.45) is 5.92 Å². The summed E-state index contributed by atoms with van der Waals surface area (Å²) in [6.45, 7) is 5.60. The van der Waals surface area contributed by atoms with Gasteiger partial charge in [-0.2, -0.15) is 0 Å². The number of unbranched alkanes of at least 4 members (excludes halogenated alkanes) is 1. The van der Waals surface area contributed by atoms with E-state index in [-0.39, 0.29) is 17.9 Å². The molecule has 0 aromatic carbocycles. The SMILES string of the molecule is CCC1C(=O)NC(C)(C2CC2)C(=O)N1CCCCN(C)C. The van der Waals surface area contributed by atoms with E-state index in [9.17, 15) is 9.59 Å². The molecule has 2 amide bonds. The Morgan fingerprint density at radius 3 is 2.48 bits per heavy atom. The first-order valence-corrected chi connectivity index (χ1v) is 8.18. The first kappa shape index (κ1) is 16.3. The van der Waals surface area contributed by atoms with Crippen molar-refractivity contribution < 1.29 is 9.59 Å². The predicted molar refractivity (Wildman–Crippen MR) is 82.9 cm³/mol. The van der Waals surface area contributed by atoms with Gasteiger partial charge in [0.15, 0.2) is 0 Å². The summed E-state index contributed by atoms with van der Waals surface area (Å²) in [5, 5.41) is 3.01. The second-order valence-electron chi connectivity index (χ2n) is 6.90. The first-order chi connectivity index (χ1) is 9.90. The zero-order valence-electron chi connectivity index (χ0n) is 13.8. The molecular formula is C16H29N3O2. The molecule has 1 aliphatic heterocycles. The van der Waals surface area contributed by atoms with Crippen LogP contribution in [-0.2, 0) is 9.59 Å². The normalized spacial score (nSPS) is 30.0. The maximum absolute atomic E-state index is 12.9. The summed E-state index contributed by atoms with van der Waals surface area (Å²) in [5.41, 5.74) is -0.662. The van der Waals surface area contributed by atoms with E-state index in [1.54, 1.807) is 0 Å². The largest absolute Gasteiger partial charge is 0.340 e. The highest BCUT2D eigenvalue weighted by Crippen LogP contribution is 2.42. The van der Waals surface area contributed by atoms with Crippen LogP contribution in [0.4, 0.5) is 0 Å². The molecule has 120 valence electrons. The number of hydrogen-bond donors (Lipinski definition) is 1. The molecule has 21 heavy (non-hydrogen) atoms. The molecular weight excluding hydrogens is 266 g/mol. The molecule has 0 aromatic heterocycles. The highest BCUT2D eigenvalue weighted by Gasteiger charge is 2.54. The van der Waals surface area contributed by atoms with Gasteiger partial charge in [-0.1, -0.05) is 6.92 Å². The van der Waals surface area contributed by atoms with Gasteiger partial charge in [0, 0.05) is 6.54 Å². The Labute approximate surface area is 128 Å². The molecule has 2 aliphatic rings. The van der Waals surface area contributed by atoms with Crippen molar-refractivity contribution in [2.45, 2.75) is 57.5 Å². The summed E-state index contributed by atoms with van der Waals surface area (Å²) in [7, 11) is 4.11. The quantitative estimate of drug-likeness (QED) is 0.719. The average molecular weight is 295 g/mol. The van der Waals surface area contributed by atoms with Gasteiger partial charge >= 0.3 is 0 Å². The van der Waals surface area contributed by atoms with Gasteiger partial charge in [-0.15, -0.1) is 0 Å². The molecule has 0 aromatic rings. The van der Waals surface area contributed by atoms with E-state index in [1.165, 1.54) is 0 Å². The standard InChI is InChI=1S/C16H29N3O2/c1-5-13-14(20)17-16(2,12-8-9-12)15(21)19(13)11-7-6-10-18(3)4/h12-13H,5-11H2,1-4H3,(H,17,20). The Balaban J connectivity index is 2.02. The van der Waals surface area contributed by atoms with E-state index < -0.39 is 5.54 Å². The summed E-state index contributed by atoms with van der Waals surface area (Å²) in [5.74, 6) is 0.483. The van der Waals surface area contributed by atoms with Gasteiger partial charge in [0.05, 0.1) is 0 Å². The number of nitrogens with one attached hydrogen (secondary N) is 1. The van der Waals surface area contributed by atoms with Gasteiger partial charge in [-0.25, -0.2) is 0 Å². The monoisotopic (exact) mass is 295 g/mol. The Kier molecular flexibility index (Phi) is 4.91. The van der Waals surface area contributed by atoms with E-state index in [4.69, 9.17) is 0 Å². The Morgan fingerprint density at radius 1 is 1.29 bits per heavy atom. The molecule has 5 nitrogen and oxygen atoms in total. The second kappa shape index (κ2) is 6.34. The highest BCUT2D eigenvalue weighted by atomic mass is 16.2.